The van der Waals surface area contributed by atoms with E-state index in [2.05, 4.69) is 37.4 Å². The average molecular weight is 275 g/mol. The van der Waals surface area contributed by atoms with Gasteiger partial charge in [0.1, 0.15) is 5.75 Å². The largest absolute Gasteiger partial charge is 0.496 e. The zero-order valence-corrected chi connectivity index (χ0v) is 13.2. The quantitative estimate of drug-likeness (QED) is 0.817. The van der Waals surface area contributed by atoms with Crippen LogP contribution in [0.4, 0.5) is 0 Å². The first kappa shape index (κ1) is 15.4. The molecule has 1 aliphatic carbocycles. The fraction of sp³-hybridized carbons (Fsp3) is 0.667. The van der Waals surface area contributed by atoms with Crippen LogP contribution in [0.1, 0.15) is 62.6 Å². The topological polar surface area (TPSA) is 21.3 Å². The van der Waals surface area contributed by atoms with Gasteiger partial charge in [0.25, 0.3) is 0 Å². The van der Waals surface area contributed by atoms with Crippen molar-refractivity contribution >= 4 is 0 Å². The van der Waals surface area contributed by atoms with Crippen molar-refractivity contribution in [3.8, 4) is 5.75 Å². The van der Waals surface area contributed by atoms with Crippen LogP contribution in [0.15, 0.2) is 18.2 Å². The minimum atomic E-state index is 0.491. The molecule has 1 aromatic rings. The molecule has 2 heteroatoms. The van der Waals surface area contributed by atoms with Crippen molar-refractivity contribution in [3.05, 3.63) is 29.3 Å². The predicted octanol–water partition coefficient (Wildman–Crippen LogP) is 4.62. The molecule has 1 aliphatic rings. The van der Waals surface area contributed by atoms with Crippen LogP contribution in [-0.2, 0) is 0 Å². The third kappa shape index (κ3) is 3.76. The summed E-state index contributed by atoms with van der Waals surface area (Å²) >= 11 is 0. The second kappa shape index (κ2) is 7.68. The number of ether oxygens (including phenoxy) is 1. The Balaban J connectivity index is 2.20. The molecule has 1 fully saturated rings. The van der Waals surface area contributed by atoms with Gasteiger partial charge in [-0.2, -0.15) is 0 Å². The van der Waals surface area contributed by atoms with Crippen molar-refractivity contribution in [2.75, 3.05) is 13.7 Å². The molecule has 1 atom stereocenters. The van der Waals surface area contributed by atoms with Gasteiger partial charge in [-0.05, 0) is 55.8 Å². The fourth-order valence-corrected chi connectivity index (χ4v) is 3.35. The SMILES string of the molecule is CCCNC(c1ccc(C)c(OC)c1)C1CCCCC1. The summed E-state index contributed by atoms with van der Waals surface area (Å²) in [6.45, 7) is 5.44. The molecular weight excluding hydrogens is 246 g/mol. The lowest BCUT2D eigenvalue weighted by Crippen LogP contribution is -2.30. The predicted molar refractivity (Wildman–Crippen MR) is 85.3 cm³/mol. The van der Waals surface area contributed by atoms with Crippen LogP contribution in [0.3, 0.4) is 0 Å². The highest BCUT2D eigenvalue weighted by molar-refractivity contribution is 5.38. The van der Waals surface area contributed by atoms with E-state index < -0.39 is 0 Å². The molecule has 0 bridgehead atoms. The van der Waals surface area contributed by atoms with Crippen LogP contribution in [0.2, 0.25) is 0 Å². The smallest absolute Gasteiger partial charge is 0.122 e. The lowest BCUT2D eigenvalue weighted by molar-refractivity contribution is 0.271. The van der Waals surface area contributed by atoms with E-state index in [9.17, 15) is 0 Å². The number of rotatable bonds is 6. The highest BCUT2D eigenvalue weighted by Crippen LogP contribution is 2.36. The maximum Gasteiger partial charge on any atom is 0.122 e. The van der Waals surface area contributed by atoms with Crippen LogP contribution >= 0.6 is 0 Å². The molecule has 2 nitrogen and oxygen atoms in total. The van der Waals surface area contributed by atoms with Gasteiger partial charge in [-0.15, -0.1) is 0 Å². The van der Waals surface area contributed by atoms with Gasteiger partial charge < -0.3 is 10.1 Å². The zero-order valence-electron chi connectivity index (χ0n) is 13.2. The highest BCUT2D eigenvalue weighted by atomic mass is 16.5. The first-order valence-corrected chi connectivity index (χ1v) is 8.14. The Hall–Kier alpha value is -1.02. The Morgan fingerprint density at radius 3 is 2.65 bits per heavy atom. The molecule has 0 amide bonds. The van der Waals surface area contributed by atoms with Crippen molar-refractivity contribution in [2.24, 2.45) is 5.92 Å². The fourth-order valence-electron chi connectivity index (χ4n) is 3.35. The minimum Gasteiger partial charge on any atom is -0.496 e. The molecule has 1 unspecified atom stereocenters. The van der Waals surface area contributed by atoms with Crippen molar-refractivity contribution < 1.29 is 4.74 Å². The lowest BCUT2D eigenvalue weighted by Gasteiger charge is -2.32. The number of nitrogens with one attached hydrogen (secondary N) is 1. The van der Waals surface area contributed by atoms with Crippen LogP contribution in [0, 0.1) is 12.8 Å². The molecule has 0 aromatic heterocycles. The maximum absolute atomic E-state index is 5.50. The van der Waals surface area contributed by atoms with Crippen LogP contribution in [0.25, 0.3) is 0 Å². The Labute approximate surface area is 123 Å². The third-order valence-corrected chi connectivity index (χ3v) is 4.53. The summed E-state index contributed by atoms with van der Waals surface area (Å²) in [5.74, 6) is 1.80. The summed E-state index contributed by atoms with van der Waals surface area (Å²) < 4.78 is 5.50. The molecule has 0 heterocycles. The van der Waals surface area contributed by atoms with Gasteiger partial charge >= 0.3 is 0 Å². The monoisotopic (exact) mass is 275 g/mol. The summed E-state index contributed by atoms with van der Waals surface area (Å²) in [4.78, 5) is 0. The van der Waals surface area contributed by atoms with Crippen molar-refractivity contribution in [1.82, 2.24) is 5.32 Å². The standard InChI is InChI=1S/C18H29NO/c1-4-12-19-18(15-8-6-5-7-9-15)16-11-10-14(2)17(13-16)20-3/h10-11,13,15,18-19H,4-9,12H2,1-3H3. The van der Waals surface area contributed by atoms with Gasteiger partial charge in [-0.1, -0.05) is 38.3 Å². The Morgan fingerprint density at radius 1 is 1.25 bits per heavy atom. The van der Waals surface area contributed by atoms with Crippen molar-refractivity contribution in [1.29, 1.82) is 0 Å². The van der Waals surface area contributed by atoms with Crippen molar-refractivity contribution in [2.45, 2.75) is 58.4 Å². The molecule has 0 aliphatic heterocycles. The zero-order chi connectivity index (χ0) is 14.4. The summed E-state index contributed by atoms with van der Waals surface area (Å²) in [6.07, 6.45) is 8.09. The molecule has 0 saturated heterocycles. The maximum atomic E-state index is 5.50. The third-order valence-electron chi connectivity index (χ3n) is 4.53. The van der Waals surface area contributed by atoms with Gasteiger partial charge in [-0.3, -0.25) is 0 Å². The summed E-state index contributed by atoms with van der Waals surface area (Å²) in [5.41, 5.74) is 2.61. The van der Waals surface area contributed by atoms with Gasteiger partial charge in [0, 0.05) is 6.04 Å². The van der Waals surface area contributed by atoms with E-state index in [1.807, 2.05) is 0 Å². The van der Waals surface area contributed by atoms with E-state index in [0.29, 0.717) is 6.04 Å². The van der Waals surface area contributed by atoms with E-state index in [1.54, 1.807) is 7.11 Å². The van der Waals surface area contributed by atoms with Gasteiger partial charge in [0.05, 0.1) is 7.11 Å². The molecule has 112 valence electrons. The first-order valence-electron chi connectivity index (χ1n) is 8.14. The van der Waals surface area contributed by atoms with Gasteiger partial charge in [0.15, 0.2) is 0 Å². The number of aryl methyl sites for hydroxylation is 1. The second-order valence-electron chi connectivity index (χ2n) is 6.06. The second-order valence-corrected chi connectivity index (χ2v) is 6.06. The first-order chi connectivity index (χ1) is 9.76. The molecule has 0 radical (unpaired) electrons. The van der Waals surface area contributed by atoms with E-state index in [0.717, 1.165) is 18.2 Å². The molecule has 1 saturated carbocycles. The van der Waals surface area contributed by atoms with E-state index in [1.165, 1.54) is 49.7 Å². The number of hydrogen-bond donors (Lipinski definition) is 1. The summed E-state index contributed by atoms with van der Waals surface area (Å²) in [6, 6.07) is 7.19. The average Bonchev–Trinajstić information content (AvgIpc) is 2.50. The molecular formula is C18H29NO. The van der Waals surface area contributed by atoms with E-state index in [4.69, 9.17) is 4.74 Å². The summed E-state index contributed by atoms with van der Waals surface area (Å²) in [7, 11) is 1.77. The van der Waals surface area contributed by atoms with Gasteiger partial charge in [-0.25, -0.2) is 0 Å². The Bertz CT molecular complexity index is 410. The molecule has 1 N–H and O–H groups in total. The molecule has 2 rings (SSSR count). The number of hydrogen-bond acceptors (Lipinski definition) is 2. The lowest BCUT2D eigenvalue weighted by atomic mass is 9.81. The number of benzene rings is 1. The Morgan fingerprint density at radius 2 is 2.00 bits per heavy atom. The van der Waals surface area contributed by atoms with Crippen molar-refractivity contribution in [3.63, 3.8) is 0 Å². The molecule has 20 heavy (non-hydrogen) atoms. The summed E-state index contributed by atoms with van der Waals surface area (Å²) in [5, 5.41) is 3.77. The van der Waals surface area contributed by atoms with Crippen LogP contribution in [-0.4, -0.2) is 13.7 Å². The number of methoxy groups -OCH3 is 1. The normalized spacial score (nSPS) is 17.9. The van der Waals surface area contributed by atoms with E-state index in [-0.39, 0.29) is 0 Å². The molecule has 0 spiro atoms. The van der Waals surface area contributed by atoms with E-state index >= 15 is 0 Å². The minimum absolute atomic E-state index is 0.491. The van der Waals surface area contributed by atoms with Crippen LogP contribution in [0.5, 0.6) is 5.75 Å². The van der Waals surface area contributed by atoms with Gasteiger partial charge in [0.2, 0.25) is 0 Å². The molecule has 1 aromatic carbocycles. The highest BCUT2D eigenvalue weighted by Gasteiger charge is 2.24. The van der Waals surface area contributed by atoms with Crippen LogP contribution < -0.4 is 10.1 Å². The Kier molecular flexibility index (Phi) is 5.90.